The summed E-state index contributed by atoms with van der Waals surface area (Å²) in [6, 6.07) is 5.42. The van der Waals surface area contributed by atoms with Crippen LogP contribution in [0.3, 0.4) is 0 Å². The van der Waals surface area contributed by atoms with Gasteiger partial charge in [0.15, 0.2) is 0 Å². The number of benzene rings is 1. The van der Waals surface area contributed by atoms with Crippen LogP contribution in [-0.4, -0.2) is 6.54 Å². The van der Waals surface area contributed by atoms with Crippen molar-refractivity contribution in [2.75, 3.05) is 6.54 Å². The number of halogens is 1. The van der Waals surface area contributed by atoms with Crippen LogP contribution in [-0.2, 0) is 0 Å². The van der Waals surface area contributed by atoms with E-state index in [1.807, 2.05) is 32.1 Å². The Balaban J connectivity index is 2.80. The molecular weight excluding hydrogens is 213 g/mol. The summed E-state index contributed by atoms with van der Waals surface area (Å²) >= 11 is 0. The minimum Gasteiger partial charge on any atom is -0.310 e. The molecule has 2 heteroatoms. The highest BCUT2D eigenvalue weighted by molar-refractivity contribution is 5.26. The van der Waals surface area contributed by atoms with E-state index in [0.29, 0.717) is 0 Å². The lowest BCUT2D eigenvalue weighted by Crippen LogP contribution is -2.22. The van der Waals surface area contributed by atoms with Gasteiger partial charge in [-0.05, 0) is 38.8 Å². The van der Waals surface area contributed by atoms with Crippen LogP contribution in [0, 0.1) is 12.7 Å². The molecule has 0 spiro atoms. The minimum atomic E-state index is -0.111. The molecule has 0 aliphatic carbocycles. The minimum absolute atomic E-state index is 0.111. The van der Waals surface area contributed by atoms with E-state index in [0.717, 1.165) is 36.9 Å². The maximum atomic E-state index is 13.8. The van der Waals surface area contributed by atoms with Crippen LogP contribution >= 0.6 is 0 Å². The maximum Gasteiger partial charge on any atom is 0.127 e. The van der Waals surface area contributed by atoms with Gasteiger partial charge in [-0.3, -0.25) is 0 Å². The maximum absolute atomic E-state index is 13.8. The predicted molar refractivity (Wildman–Crippen MR) is 71.6 cm³/mol. The second-order valence-electron chi connectivity index (χ2n) is 4.35. The number of allylic oxidation sites excluding steroid dienone is 1. The molecule has 94 valence electrons. The molecule has 0 aromatic heterocycles. The van der Waals surface area contributed by atoms with Crippen molar-refractivity contribution in [1.82, 2.24) is 5.32 Å². The highest BCUT2D eigenvalue weighted by Crippen LogP contribution is 2.23. The molecule has 1 aromatic carbocycles. The van der Waals surface area contributed by atoms with E-state index in [1.54, 1.807) is 6.07 Å². The van der Waals surface area contributed by atoms with Gasteiger partial charge in [0, 0.05) is 11.6 Å². The van der Waals surface area contributed by atoms with Crippen molar-refractivity contribution in [3.63, 3.8) is 0 Å². The van der Waals surface area contributed by atoms with Crippen molar-refractivity contribution in [3.05, 3.63) is 47.8 Å². The van der Waals surface area contributed by atoms with Crippen molar-refractivity contribution in [1.29, 1.82) is 0 Å². The lowest BCUT2D eigenvalue weighted by molar-refractivity contribution is 0.474. The molecule has 0 amide bonds. The summed E-state index contributed by atoms with van der Waals surface area (Å²) < 4.78 is 13.8. The number of hydrogen-bond donors (Lipinski definition) is 1. The molecule has 0 saturated carbocycles. The van der Waals surface area contributed by atoms with Gasteiger partial charge in [-0.2, -0.15) is 0 Å². The first-order chi connectivity index (χ1) is 8.19. The summed E-state index contributed by atoms with van der Waals surface area (Å²) in [5.74, 6) is -0.111. The van der Waals surface area contributed by atoms with E-state index in [9.17, 15) is 4.39 Å². The third-order valence-electron chi connectivity index (χ3n) is 2.88. The normalized spacial score (nSPS) is 12.4. The van der Waals surface area contributed by atoms with Crippen molar-refractivity contribution < 1.29 is 4.39 Å². The summed E-state index contributed by atoms with van der Waals surface area (Å²) in [6.45, 7) is 8.61. The number of hydrogen-bond acceptors (Lipinski definition) is 1. The van der Waals surface area contributed by atoms with Crippen LogP contribution in [0.1, 0.15) is 43.4 Å². The fourth-order valence-electron chi connectivity index (χ4n) is 2.01. The van der Waals surface area contributed by atoms with Crippen molar-refractivity contribution in [2.45, 2.75) is 39.2 Å². The highest BCUT2D eigenvalue weighted by Gasteiger charge is 2.14. The van der Waals surface area contributed by atoms with Gasteiger partial charge < -0.3 is 5.32 Å². The quantitative estimate of drug-likeness (QED) is 0.553. The summed E-state index contributed by atoms with van der Waals surface area (Å²) in [4.78, 5) is 0. The summed E-state index contributed by atoms with van der Waals surface area (Å²) in [5, 5.41) is 3.35. The number of unbranched alkanes of at least 4 members (excludes halogenated alkanes) is 1. The SMILES string of the molecule is C=CCCCC(NCC)c1cc(C)ccc1F. The molecule has 1 aromatic rings. The molecule has 0 bridgehead atoms. The fraction of sp³-hybridized carbons (Fsp3) is 0.467. The van der Waals surface area contributed by atoms with Crippen LogP contribution in [0.15, 0.2) is 30.9 Å². The largest absolute Gasteiger partial charge is 0.310 e. The van der Waals surface area contributed by atoms with Crippen LogP contribution in [0.25, 0.3) is 0 Å². The van der Waals surface area contributed by atoms with Crippen molar-refractivity contribution in [2.24, 2.45) is 0 Å². The van der Waals surface area contributed by atoms with Gasteiger partial charge in [-0.25, -0.2) is 4.39 Å². The third kappa shape index (κ3) is 4.31. The first-order valence-corrected chi connectivity index (χ1v) is 6.29. The Bertz CT molecular complexity index is 360. The molecular formula is C15H22FN. The monoisotopic (exact) mass is 235 g/mol. The highest BCUT2D eigenvalue weighted by atomic mass is 19.1. The molecule has 1 nitrogen and oxygen atoms in total. The second kappa shape index (κ2) is 7.23. The Labute approximate surface area is 104 Å². The number of nitrogens with one attached hydrogen (secondary N) is 1. The molecule has 0 aliphatic heterocycles. The van der Waals surface area contributed by atoms with Gasteiger partial charge in [0.25, 0.3) is 0 Å². The Kier molecular flexibility index (Phi) is 5.92. The molecule has 0 heterocycles. The molecule has 0 saturated heterocycles. The Morgan fingerprint density at radius 1 is 1.47 bits per heavy atom. The van der Waals surface area contributed by atoms with E-state index >= 15 is 0 Å². The molecule has 0 aliphatic rings. The third-order valence-corrected chi connectivity index (χ3v) is 2.88. The number of aryl methyl sites for hydroxylation is 1. The summed E-state index contributed by atoms with van der Waals surface area (Å²) in [5.41, 5.74) is 1.89. The molecule has 17 heavy (non-hydrogen) atoms. The zero-order chi connectivity index (χ0) is 12.7. The average molecular weight is 235 g/mol. The Morgan fingerprint density at radius 3 is 2.88 bits per heavy atom. The van der Waals surface area contributed by atoms with Gasteiger partial charge in [-0.15, -0.1) is 6.58 Å². The second-order valence-corrected chi connectivity index (χ2v) is 4.35. The van der Waals surface area contributed by atoms with Gasteiger partial charge in [0.2, 0.25) is 0 Å². The van der Waals surface area contributed by atoms with Gasteiger partial charge in [0.05, 0.1) is 0 Å². The average Bonchev–Trinajstić information content (AvgIpc) is 2.32. The van der Waals surface area contributed by atoms with E-state index < -0.39 is 0 Å². The lowest BCUT2D eigenvalue weighted by Gasteiger charge is -2.19. The van der Waals surface area contributed by atoms with E-state index in [1.165, 1.54) is 0 Å². The van der Waals surface area contributed by atoms with Gasteiger partial charge >= 0.3 is 0 Å². The predicted octanol–water partition coefficient (Wildman–Crippen LogP) is 4.14. The molecule has 1 rings (SSSR count). The lowest BCUT2D eigenvalue weighted by atomic mass is 9.98. The zero-order valence-electron chi connectivity index (χ0n) is 10.8. The van der Waals surface area contributed by atoms with Crippen molar-refractivity contribution >= 4 is 0 Å². The number of rotatable bonds is 7. The van der Waals surface area contributed by atoms with Crippen LogP contribution in [0.5, 0.6) is 0 Å². The molecule has 1 atom stereocenters. The van der Waals surface area contributed by atoms with E-state index in [-0.39, 0.29) is 11.9 Å². The first kappa shape index (κ1) is 13.9. The van der Waals surface area contributed by atoms with Crippen LogP contribution in [0.2, 0.25) is 0 Å². The van der Waals surface area contributed by atoms with Gasteiger partial charge in [0.1, 0.15) is 5.82 Å². The molecule has 1 unspecified atom stereocenters. The van der Waals surface area contributed by atoms with E-state index in [2.05, 4.69) is 11.9 Å². The Morgan fingerprint density at radius 2 is 2.24 bits per heavy atom. The standard InChI is InChI=1S/C15H22FN/c1-4-6-7-8-15(17-5-2)13-11-12(3)9-10-14(13)16/h4,9-11,15,17H,1,5-8H2,2-3H3. The first-order valence-electron chi connectivity index (χ1n) is 6.29. The summed E-state index contributed by atoms with van der Waals surface area (Å²) in [7, 11) is 0. The molecule has 0 fully saturated rings. The molecule has 0 radical (unpaired) electrons. The van der Waals surface area contributed by atoms with Crippen LogP contribution in [0.4, 0.5) is 4.39 Å². The molecule has 1 N–H and O–H groups in total. The van der Waals surface area contributed by atoms with Crippen molar-refractivity contribution in [3.8, 4) is 0 Å². The smallest absolute Gasteiger partial charge is 0.127 e. The topological polar surface area (TPSA) is 12.0 Å². The van der Waals surface area contributed by atoms with Gasteiger partial charge in [-0.1, -0.05) is 30.7 Å². The summed E-state index contributed by atoms with van der Waals surface area (Å²) in [6.07, 6.45) is 4.87. The van der Waals surface area contributed by atoms with E-state index in [4.69, 9.17) is 0 Å². The fourth-order valence-corrected chi connectivity index (χ4v) is 2.01. The Hall–Kier alpha value is -1.15. The van der Waals surface area contributed by atoms with Crippen LogP contribution < -0.4 is 5.32 Å². The zero-order valence-corrected chi connectivity index (χ0v) is 10.8.